The molecule has 0 spiro atoms. The number of thiocarbonyl (C=S) groups is 1. The van der Waals surface area contributed by atoms with E-state index in [2.05, 4.69) is 21.9 Å². The largest absolute Gasteiger partial charge is 0.496 e. The van der Waals surface area contributed by atoms with Crippen molar-refractivity contribution in [1.29, 1.82) is 0 Å². The van der Waals surface area contributed by atoms with E-state index in [4.69, 9.17) is 17.0 Å². The lowest BCUT2D eigenvalue weighted by Crippen LogP contribution is -2.23. The van der Waals surface area contributed by atoms with E-state index in [1.165, 1.54) is 0 Å². The van der Waals surface area contributed by atoms with E-state index in [0.29, 0.717) is 5.11 Å². The van der Waals surface area contributed by atoms with Gasteiger partial charge in [-0.2, -0.15) is 5.10 Å². The predicted molar refractivity (Wildman–Crippen MR) is 104 cm³/mol. The van der Waals surface area contributed by atoms with E-state index in [1.54, 1.807) is 13.3 Å². The Kier molecular flexibility index (Phi) is 5.03. The molecule has 0 fully saturated rings. The van der Waals surface area contributed by atoms with Crippen molar-refractivity contribution in [2.75, 3.05) is 12.4 Å². The molecule has 2 N–H and O–H groups in total. The molecule has 0 radical (unpaired) electrons. The van der Waals surface area contributed by atoms with Gasteiger partial charge in [0.05, 0.1) is 13.3 Å². The van der Waals surface area contributed by atoms with Gasteiger partial charge in [-0.05, 0) is 41.2 Å². The van der Waals surface area contributed by atoms with E-state index in [0.717, 1.165) is 27.8 Å². The summed E-state index contributed by atoms with van der Waals surface area (Å²) in [4.78, 5) is 0. The van der Waals surface area contributed by atoms with Gasteiger partial charge >= 0.3 is 0 Å². The maximum absolute atomic E-state index is 5.44. The number of nitrogens with one attached hydrogen (secondary N) is 2. The fourth-order valence-electron chi connectivity index (χ4n) is 2.42. The van der Waals surface area contributed by atoms with Crippen molar-refractivity contribution in [2.45, 2.75) is 0 Å². The quantitative estimate of drug-likeness (QED) is 0.427. The SMILES string of the molecule is COc1ccc2ccccc2c1C=NNC(=S)Nc1ccccc1. The number of methoxy groups -OCH3 is 1. The Morgan fingerprint density at radius 1 is 1.00 bits per heavy atom. The van der Waals surface area contributed by atoms with E-state index < -0.39 is 0 Å². The summed E-state index contributed by atoms with van der Waals surface area (Å²) in [5.74, 6) is 0.765. The first-order valence-electron chi connectivity index (χ1n) is 7.49. The van der Waals surface area contributed by atoms with Gasteiger partial charge in [0.15, 0.2) is 5.11 Å². The van der Waals surface area contributed by atoms with Crippen LogP contribution in [-0.4, -0.2) is 18.4 Å². The molecular formula is C19H17N3OS. The monoisotopic (exact) mass is 335 g/mol. The molecular weight excluding hydrogens is 318 g/mol. The van der Waals surface area contributed by atoms with Crippen molar-refractivity contribution >= 4 is 40.0 Å². The molecule has 0 aliphatic carbocycles. The van der Waals surface area contributed by atoms with Crippen LogP contribution in [0.5, 0.6) is 5.75 Å². The minimum absolute atomic E-state index is 0.427. The third kappa shape index (κ3) is 3.70. The minimum Gasteiger partial charge on any atom is -0.496 e. The van der Waals surface area contributed by atoms with Crippen LogP contribution in [0.2, 0.25) is 0 Å². The second kappa shape index (κ2) is 7.57. The number of fused-ring (bicyclic) bond motifs is 1. The molecule has 3 aromatic rings. The highest BCUT2D eigenvalue weighted by atomic mass is 32.1. The summed E-state index contributed by atoms with van der Waals surface area (Å²) < 4.78 is 5.44. The van der Waals surface area contributed by atoms with Crippen molar-refractivity contribution in [3.05, 3.63) is 72.3 Å². The predicted octanol–water partition coefficient (Wildman–Crippen LogP) is 4.17. The van der Waals surface area contributed by atoms with Crippen LogP contribution in [0.4, 0.5) is 5.69 Å². The summed E-state index contributed by atoms with van der Waals surface area (Å²) in [6.45, 7) is 0. The summed E-state index contributed by atoms with van der Waals surface area (Å²) in [6, 6.07) is 21.8. The third-order valence-corrected chi connectivity index (χ3v) is 3.74. The van der Waals surface area contributed by atoms with Crippen molar-refractivity contribution < 1.29 is 4.74 Å². The van der Waals surface area contributed by atoms with Crippen LogP contribution in [0.3, 0.4) is 0 Å². The maximum Gasteiger partial charge on any atom is 0.191 e. The molecule has 0 unspecified atom stereocenters. The lowest BCUT2D eigenvalue weighted by Gasteiger charge is -2.09. The van der Waals surface area contributed by atoms with Gasteiger partial charge < -0.3 is 10.1 Å². The van der Waals surface area contributed by atoms with Crippen LogP contribution in [-0.2, 0) is 0 Å². The number of hydrogen-bond acceptors (Lipinski definition) is 3. The zero-order valence-corrected chi connectivity index (χ0v) is 14.0. The Hall–Kier alpha value is -2.92. The number of benzene rings is 3. The maximum atomic E-state index is 5.44. The number of hydrogen-bond donors (Lipinski definition) is 2. The molecule has 0 aliphatic rings. The molecule has 0 atom stereocenters. The topological polar surface area (TPSA) is 45.6 Å². The van der Waals surface area contributed by atoms with Gasteiger partial charge in [0.2, 0.25) is 0 Å². The molecule has 0 saturated carbocycles. The average molecular weight is 335 g/mol. The summed E-state index contributed by atoms with van der Waals surface area (Å²) in [7, 11) is 1.65. The Morgan fingerprint density at radius 2 is 1.75 bits per heavy atom. The first kappa shape index (κ1) is 16.0. The van der Waals surface area contributed by atoms with Gasteiger partial charge in [-0.15, -0.1) is 0 Å². The fraction of sp³-hybridized carbons (Fsp3) is 0.0526. The first-order valence-corrected chi connectivity index (χ1v) is 7.89. The summed E-state index contributed by atoms with van der Waals surface area (Å²) in [6.07, 6.45) is 1.72. The van der Waals surface area contributed by atoms with Gasteiger partial charge in [-0.25, -0.2) is 0 Å². The molecule has 24 heavy (non-hydrogen) atoms. The molecule has 0 aliphatic heterocycles. The van der Waals surface area contributed by atoms with Crippen LogP contribution < -0.4 is 15.5 Å². The number of hydrazone groups is 1. The van der Waals surface area contributed by atoms with Gasteiger partial charge in [0.1, 0.15) is 5.75 Å². The lowest BCUT2D eigenvalue weighted by atomic mass is 10.0. The molecule has 4 nitrogen and oxygen atoms in total. The molecule has 0 bridgehead atoms. The molecule has 120 valence electrons. The zero-order chi connectivity index (χ0) is 16.8. The fourth-order valence-corrected chi connectivity index (χ4v) is 2.59. The molecule has 0 amide bonds. The normalized spacial score (nSPS) is 10.7. The Balaban J connectivity index is 1.77. The first-order chi connectivity index (χ1) is 11.8. The number of rotatable bonds is 4. The Bertz CT molecular complexity index is 878. The highest BCUT2D eigenvalue weighted by molar-refractivity contribution is 7.80. The lowest BCUT2D eigenvalue weighted by molar-refractivity contribution is 0.415. The zero-order valence-electron chi connectivity index (χ0n) is 13.2. The molecule has 0 heterocycles. The molecule has 3 aromatic carbocycles. The second-order valence-corrected chi connectivity index (χ2v) is 5.50. The van der Waals surface area contributed by atoms with E-state index in [9.17, 15) is 0 Å². The second-order valence-electron chi connectivity index (χ2n) is 5.09. The van der Waals surface area contributed by atoms with Gasteiger partial charge in [-0.3, -0.25) is 5.43 Å². The number of anilines is 1. The van der Waals surface area contributed by atoms with Crippen LogP contribution in [0.1, 0.15) is 5.56 Å². The van der Waals surface area contributed by atoms with E-state index in [-0.39, 0.29) is 0 Å². The highest BCUT2D eigenvalue weighted by Gasteiger charge is 2.05. The summed E-state index contributed by atoms with van der Waals surface area (Å²) in [5.41, 5.74) is 4.65. The van der Waals surface area contributed by atoms with E-state index >= 15 is 0 Å². The van der Waals surface area contributed by atoms with Gasteiger partial charge in [0, 0.05) is 11.3 Å². The van der Waals surface area contributed by atoms with Gasteiger partial charge in [0.25, 0.3) is 0 Å². The van der Waals surface area contributed by atoms with Crippen molar-refractivity contribution in [3.63, 3.8) is 0 Å². The molecule has 5 heteroatoms. The standard InChI is InChI=1S/C19H17N3OS/c1-23-18-12-11-14-7-5-6-10-16(14)17(18)13-20-22-19(24)21-15-8-3-2-4-9-15/h2-13H,1H3,(H2,21,22,24). The summed E-state index contributed by atoms with van der Waals surface area (Å²) in [5, 5.41) is 9.94. The van der Waals surface area contributed by atoms with Crippen molar-refractivity contribution in [2.24, 2.45) is 5.10 Å². The van der Waals surface area contributed by atoms with Crippen LogP contribution >= 0.6 is 12.2 Å². The Morgan fingerprint density at radius 3 is 2.54 bits per heavy atom. The van der Waals surface area contributed by atoms with Crippen molar-refractivity contribution in [1.82, 2.24) is 5.43 Å². The molecule has 0 aromatic heterocycles. The number of nitrogens with zero attached hydrogens (tertiary/aromatic N) is 1. The van der Waals surface area contributed by atoms with Crippen LogP contribution in [0, 0.1) is 0 Å². The van der Waals surface area contributed by atoms with Gasteiger partial charge in [-0.1, -0.05) is 48.5 Å². The van der Waals surface area contributed by atoms with Crippen LogP contribution in [0.25, 0.3) is 10.8 Å². The third-order valence-electron chi connectivity index (χ3n) is 3.54. The minimum atomic E-state index is 0.427. The molecule has 3 rings (SSSR count). The van der Waals surface area contributed by atoms with E-state index in [1.807, 2.05) is 60.7 Å². The summed E-state index contributed by atoms with van der Waals surface area (Å²) >= 11 is 5.24. The Labute approximate surface area is 146 Å². The average Bonchev–Trinajstić information content (AvgIpc) is 2.62. The van der Waals surface area contributed by atoms with Crippen LogP contribution in [0.15, 0.2) is 71.8 Å². The van der Waals surface area contributed by atoms with Crippen molar-refractivity contribution in [3.8, 4) is 5.75 Å². The molecule has 0 saturated heterocycles. The highest BCUT2D eigenvalue weighted by Crippen LogP contribution is 2.26. The number of para-hydroxylation sites is 1. The smallest absolute Gasteiger partial charge is 0.191 e. The number of ether oxygens (including phenoxy) is 1.